The van der Waals surface area contributed by atoms with E-state index >= 15 is 0 Å². The van der Waals surface area contributed by atoms with Crippen LogP contribution < -0.4 is 9.47 Å². The van der Waals surface area contributed by atoms with Crippen molar-refractivity contribution in [2.24, 2.45) is 0 Å². The summed E-state index contributed by atoms with van der Waals surface area (Å²) in [6, 6.07) is 11.8. The zero-order valence-electron chi connectivity index (χ0n) is 12.6. The zero-order chi connectivity index (χ0) is 15.0. The number of methoxy groups -OCH3 is 1. The Bertz CT molecular complexity index is 664. The quantitative estimate of drug-likeness (QED) is 0.910. The van der Waals surface area contributed by atoms with Gasteiger partial charge in [-0.2, -0.15) is 0 Å². The number of fused-ring (bicyclic) bond motifs is 1. The molecule has 1 aliphatic rings. The predicted octanol–water partition coefficient (Wildman–Crippen LogP) is 3.87. The van der Waals surface area contributed by atoms with Gasteiger partial charge < -0.3 is 14.6 Å². The highest BCUT2D eigenvalue weighted by Crippen LogP contribution is 2.42. The Kier molecular flexibility index (Phi) is 3.60. The number of hydrogen-bond donors (Lipinski definition) is 1. The van der Waals surface area contributed by atoms with Crippen LogP contribution in [0.15, 0.2) is 36.4 Å². The summed E-state index contributed by atoms with van der Waals surface area (Å²) in [6.07, 6.45) is -0.0839. The third-order valence-electron chi connectivity index (χ3n) is 4.28. The average Bonchev–Trinajstić information content (AvgIpc) is 2.49. The van der Waals surface area contributed by atoms with E-state index in [0.29, 0.717) is 6.42 Å². The number of rotatable bonds is 2. The lowest BCUT2D eigenvalue weighted by molar-refractivity contribution is 0.0651. The first kappa shape index (κ1) is 14.0. The van der Waals surface area contributed by atoms with Gasteiger partial charge in [-0.15, -0.1) is 0 Å². The predicted molar refractivity (Wildman–Crippen MR) is 81.9 cm³/mol. The molecule has 2 aromatic carbocycles. The third kappa shape index (κ3) is 2.49. The van der Waals surface area contributed by atoms with Crippen molar-refractivity contribution in [3.8, 4) is 11.5 Å². The maximum Gasteiger partial charge on any atom is 0.127 e. The van der Waals surface area contributed by atoms with Crippen molar-refractivity contribution in [2.75, 3.05) is 7.11 Å². The maximum atomic E-state index is 10.4. The van der Waals surface area contributed by atoms with E-state index < -0.39 is 6.10 Å². The van der Waals surface area contributed by atoms with Gasteiger partial charge in [-0.3, -0.25) is 0 Å². The minimum atomic E-state index is -0.534. The molecule has 1 heterocycles. The highest BCUT2D eigenvalue weighted by atomic mass is 16.5. The van der Waals surface area contributed by atoms with Gasteiger partial charge in [0.2, 0.25) is 0 Å². The topological polar surface area (TPSA) is 38.7 Å². The molecule has 1 unspecified atom stereocenters. The van der Waals surface area contributed by atoms with Crippen molar-refractivity contribution in [2.45, 2.75) is 32.5 Å². The van der Waals surface area contributed by atoms with E-state index in [-0.39, 0.29) is 6.10 Å². The summed E-state index contributed by atoms with van der Waals surface area (Å²) in [6.45, 7) is 4.20. The summed E-state index contributed by atoms with van der Waals surface area (Å²) in [4.78, 5) is 0. The summed E-state index contributed by atoms with van der Waals surface area (Å²) >= 11 is 0. The molecule has 0 aliphatic carbocycles. The first-order valence-electron chi connectivity index (χ1n) is 7.19. The van der Waals surface area contributed by atoms with E-state index in [9.17, 15) is 5.11 Å². The highest BCUT2D eigenvalue weighted by Gasteiger charge is 2.29. The molecule has 3 heteroatoms. The van der Waals surface area contributed by atoms with Crippen LogP contribution in [-0.4, -0.2) is 12.2 Å². The van der Waals surface area contributed by atoms with Crippen molar-refractivity contribution in [1.82, 2.24) is 0 Å². The van der Waals surface area contributed by atoms with Crippen LogP contribution >= 0.6 is 0 Å². The summed E-state index contributed by atoms with van der Waals surface area (Å²) in [5, 5.41) is 10.4. The molecule has 0 bridgehead atoms. The van der Waals surface area contributed by atoms with Gasteiger partial charge in [-0.1, -0.05) is 18.2 Å². The molecule has 21 heavy (non-hydrogen) atoms. The SMILES string of the molecule is COc1ccc2c(c1)[C@@H](O)CC(c1cccc(C)c1C)O2. The molecule has 0 saturated carbocycles. The Morgan fingerprint density at radius 3 is 2.71 bits per heavy atom. The van der Waals surface area contributed by atoms with E-state index in [4.69, 9.17) is 9.47 Å². The number of ether oxygens (including phenoxy) is 2. The largest absolute Gasteiger partial charge is 0.497 e. The van der Waals surface area contributed by atoms with Crippen molar-refractivity contribution in [1.29, 1.82) is 0 Å². The van der Waals surface area contributed by atoms with Gasteiger partial charge in [0.15, 0.2) is 0 Å². The molecule has 3 nitrogen and oxygen atoms in total. The maximum absolute atomic E-state index is 10.4. The van der Waals surface area contributed by atoms with Crippen molar-refractivity contribution >= 4 is 0 Å². The van der Waals surface area contributed by atoms with Crippen LogP contribution in [0, 0.1) is 13.8 Å². The molecule has 0 fully saturated rings. The van der Waals surface area contributed by atoms with Crippen LogP contribution in [0.1, 0.15) is 40.9 Å². The summed E-state index contributed by atoms with van der Waals surface area (Å²) in [5.74, 6) is 1.47. The fraction of sp³-hybridized carbons (Fsp3) is 0.333. The van der Waals surface area contributed by atoms with Crippen molar-refractivity contribution in [3.63, 3.8) is 0 Å². The van der Waals surface area contributed by atoms with Crippen molar-refractivity contribution < 1.29 is 14.6 Å². The summed E-state index contributed by atoms with van der Waals surface area (Å²) in [5.41, 5.74) is 4.42. The van der Waals surface area contributed by atoms with E-state index in [1.165, 1.54) is 11.1 Å². The summed E-state index contributed by atoms with van der Waals surface area (Å²) in [7, 11) is 1.62. The van der Waals surface area contributed by atoms with E-state index in [2.05, 4.69) is 26.0 Å². The molecule has 1 aliphatic heterocycles. The molecule has 3 rings (SSSR count). The Balaban J connectivity index is 1.97. The fourth-order valence-corrected chi connectivity index (χ4v) is 2.87. The molecule has 0 amide bonds. The monoisotopic (exact) mass is 284 g/mol. The number of aliphatic hydroxyl groups is 1. The number of aliphatic hydroxyl groups excluding tert-OH is 1. The first-order chi connectivity index (χ1) is 10.1. The van der Waals surface area contributed by atoms with Gasteiger partial charge in [0.05, 0.1) is 13.2 Å². The van der Waals surface area contributed by atoms with Gasteiger partial charge >= 0.3 is 0 Å². The van der Waals surface area contributed by atoms with E-state index in [1.54, 1.807) is 7.11 Å². The van der Waals surface area contributed by atoms with Gasteiger partial charge in [0.25, 0.3) is 0 Å². The Labute approximate surface area is 125 Å². The highest BCUT2D eigenvalue weighted by molar-refractivity contribution is 5.45. The van der Waals surface area contributed by atoms with Gasteiger partial charge in [-0.25, -0.2) is 0 Å². The number of hydrogen-bond acceptors (Lipinski definition) is 3. The van der Waals surface area contributed by atoms with E-state index in [0.717, 1.165) is 22.6 Å². The second-order valence-corrected chi connectivity index (χ2v) is 5.55. The second kappa shape index (κ2) is 5.41. The van der Waals surface area contributed by atoms with Gasteiger partial charge in [0.1, 0.15) is 17.6 Å². The lowest BCUT2D eigenvalue weighted by Crippen LogP contribution is -2.20. The molecule has 2 aromatic rings. The number of benzene rings is 2. The Morgan fingerprint density at radius 2 is 1.95 bits per heavy atom. The van der Waals surface area contributed by atoms with Crippen LogP contribution in [0.25, 0.3) is 0 Å². The molecule has 0 saturated heterocycles. The molecular weight excluding hydrogens is 264 g/mol. The second-order valence-electron chi connectivity index (χ2n) is 5.55. The van der Waals surface area contributed by atoms with E-state index in [1.807, 2.05) is 24.3 Å². The lowest BCUT2D eigenvalue weighted by Gasteiger charge is -2.31. The lowest BCUT2D eigenvalue weighted by atomic mass is 9.91. The number of aryl methyl sites for hydroxylation is 1. The Morgan fingerprint density at radius 1 is 1.14 bits per heavy atom. The zero-order valence-corrected chi connectivity index (χ0v) is 12.6. The molecule has 0 radical (unpaired) electrons. The van der Waals surface area contributed by atoms with Gasteiger partial charge in [-0.05, 0) is 48.7 Å². The van der Waals surface area contributed by atoms with Crippen LogP contribution in [0.3, 0.4) is 0 Å². The smallest absolute Gasteiger partial charge is 0.127 e. The normalized spacial score (nSPS) is 20.6. The van der Waals surface area contributed by atoms with Crippen LogP contribution in [0.5, 0.6) is 11.5 Å². The minimum Gasteiger partial charge on any atom is -0.497 e. The third-order valence-corrected chi connectivity index (χ3v) is 4.28. The van der Waals surface area contributed by atoms with Gasteiger partial charge in [0, 0.05) is 12.0 Å². The first-order valence-corrected chi connectivity index (χ1v) is 7.19. The average molecular weight is 284 g/mol. The van der Waals surface area contributed by atoms with Crippen LogP contribution in [0.4, 0.5) is 0 Å². The summed E-state index contributed by atoms with van der Waals surface area (Å²) < 4.78 is 11.3. The van der Waals surface area contributed by atoms with Crippen molar-refractivity contribution in [3.05, 3.63) is 58.7 Å². The minimum absolute atomic E-state index is 0.110. The fourth-order valence-electron chi connectivity index (χ4n) is 2.87. The van der Waals surface area contributed by atoms with Crippen LogP contribution in [-0.2, 0) is 0 Å². The Hall–Kier alpha value is -2.00. The standard InChI is InChI=1S/C18H20O3/c1-11-5-4-6-14(12(11)2)18-10-16(19)15-9-13(20-3)7-8-17(15)21-18/h4-9,16,18-19H,10H2,1-3H3/t16-,18?/m0/s1. The molecule has 0 spiro atoms. The van der Waals surface area contributed by atoms with Crippen LogP contribution in [0.2, 0.25) is 0 Å². The molecular formula is C18H20O3. The molecule has 0 aromatic heterocycles. The molecule has 2 atom stereocenters. The molecule has 1 N–H and O–H groups in total. The molecule has 110 valence electrons.